The predicted octanol–water partition coefficient (Wildman–Crippen LogP) is 1.01. The number of carbonyl (C=O) groups is 2. The third kappa shape index (κ3) is 3.51. The van der Waals surface area contributed by atoms with E-state index >= 15 is 0 Å². The Morgan fingerprint density at radius 3 is 2.65 bits per heavy atom. The molecule has 92 valence electrons. The lowest BCUT2D eigenvalue weighted by Gasteiger charge is -2.19. The number of carboxylic acids is 1. The number of pyridine rings is 1. The molecule has 1 unspecified atom stereocenters. The van der Waals surface area contributed by atoms with Gasteiger partial charge in [0, 0.05) is 19.8 Å². The summed E-state index contributed by atoms with van der Waals surface area (Å²) in [5.74, 6) is -2.67. The van der Waals surface area contributed by atoms with Crippen LogP contribution in [0.25, 0.3) is 0 Å². The second kappa shape index (κ2) is 5.38. The van der Waals surface area contributed by atoms with Gasteiger partial charge in [0.05, 0.1) is 11.5 Å². The molecule has 0 radical (unpaired) electrons. The number of amides is 1. The first kappa shape index (κ1) is 13.1. The molecule has 1 atom stereocenters. The molecule has 0 saturated carbocycles. The average Bonchev–Trinajstić information content (AvgIpc) is 2.28. The summed E-state index contributed by atoms with van der Waals surface area (Å²) in [6.45, 7) is 1.60. The van der Waals surface area contributed by atoms with Gasteiger partial charge in [-0.2, -0.15) is 4.39 Å². The molecular formula is C11H13FN2O3. The van der Waals surface area contributed by atoms with Crippen molar-refractivity contribution >= 4 is 11.9 Å². The molecule has 0 bridgehead atoms. The van der Waals surface area contributed by atoms with E-state index in [0.29, 0.717) is 0 Å². The molecule has 1 rings (SSSR count). The highest BCUT2D eigenvalue weighted by Crippen LogP contribution is 2.06. The van der Waals surface area contributed by atoms with Gasteiger partial charge in [-0.15, -0.1) is 0 Å². The predicted molar refractivity (Wildman–Crippen MR) is 58.0 cm³/mol. The Balaban J connectivity index is 2.70. The van der Waals surface area contributed by atoms with E-state index < -0.39 is 17.8 Å². The number of nitrogens with zero attached hydrogens (tertiary/aromatic N) is 2. The van der Waals surface area contributed by atoms with E-state index in [1.807, 2.05) is 0 Å². The van der Waals surface area contributed by atoms with Crippen molar-refractivity contribution in [2.75, 3.05) is 13.6 Å². The minimum Gasteiger partial charge on any atom is -0.481 e. The lowest BCUT2D eigenvalue weighted by Crippen LogP contribution is -2.33. The largest absolute Gasteiger partial charge is 0.481 e. The van der Waals surface area contributed by atoms with Crippen LogP contribution in [0.5, 0.6) is 0 Å². The Hall–Kier alpha value is -1.98. The van der Waals surface area contributed by atoms with E-state index in [1.54, 1.807) is 0 Å². The zero-order chi connectivity index (χ0) is 13.0. The van der Waals surface area contributed by atoms with E-state index in [-0.39, 0.29) is 18.0 Å². The van der Waals surface area contributed by atoms with E-state index in [9.17, 15) is 14.0 Å². The number of carbonyl (C=O) groups excluding carboxylic acids is 1. The number of hydrogen-bond acceptors (Lipinski definition) is 3. The van der Waals surface area contributed by atoms with Crippen LogP contribution in [0, 0.1) is 11.9 Å². The molecule has 1 aromatic rings. The van der Waals surface area contributed by atoms with E-state index in [1.165, 1.54) is 24.9 Å². The number of hydrogen-bond donors (Lipinski definition) is 1. The summed E-state index contributed by atoms with van der Waals surface area (Å²) in [4.78, 5) is 27.1. The standard InChI is InChI=1S/C11H13FN2O3/c1-7(11(16)17)6-14(2)10(15)8-3-4-9(12)13-5-8/h3-5,7H,6H2,1-2H3,(H,16,17). The van der Waals surface area contributed by atoms with Crippen LogP contribution >= 0.6 is 0 Å². The quantitative estimate of drug-likeness (QED) is 0.797. The second-order valence-corrected chi connectivity index (χ2v) is 3.79. The first-order valence-electron chi connectivity index (χ1n) is 5.01. The Morgan fingerprint density at radius 1 is 1.53 bits per heavy atom. The van der Waals surface area contributed by atoms with Gasteiger partial charge in [-0.25, -0.2) is 4.98 Å². The van der Waals surface area contributed by atoms with Crippen molar-refractivity contribution in [1.82, 2.24) is 9.88 Å². The Morgan fingerprint density at radius 2 is 2.18 bits per heavy atom. The van der Waals surface area contributed by atoms with Crippen molar-refractivity contribution < 1.29 is 19.1 Å². The first-order valence-corrected chi connectivity index (χ1v) is 5.01. The van der Waals surface area contributed by atoms with Gasteiger partial charge in [-0.05, 0) is 12.1 Å². The number of rotatable bonds is 4. The Kier molecular flexibility index (Phi) is 4.14. The van der Waals surface area contributed by atoms with Crippen LogP contribution in [0.15, 0.2) is 18.3 Å². The van der Waals surface area contributed by atoms with Gasteiger partial charge in [0.1, 0.15) is 0 Å². The van der Waals surface area contributed by atoms with Gasteiger partial charge in [-0.3, -0.25) is 9.59 Å². The summed E-state index contributed by atoms with van der Waals surface area (Å²) in [5, 5.41) is 8.72. The molecular weight excluding hydrogens is 227 g/mol. The second-order valence-electron chi connectivity index (χ2n) is 3.79. The molecule has 17 heavy (non-hydrogen) atoms. The molecule has 0 aliphatic carbocycles. The Bertz CT molecular complexity index is 419. The lowest BCUT2D eigenvalue weighted by atomic mass is 10.1. The summed E-state index contributed by atoms with van der Waals surface area (Å²) < 4.78 is 12.6. The third-order valence-electron chi connectivity index (χ3n) is 2.29. The summed E-state index contributed by atoms with van der Waals surface area (Å²) in [5.41, 5.74) is 0.228. The van der Waals surface area contributed by atoms with Gasteiger partial charge in [0.2, 0.25) is 5.95 Å². The van der Waals surface area contributed by atoms with Gasteiger partial charge < -0.3 is 10.0 Å². The molecule has 1 heterocycles. The van der Waals surface area contributed by atoms with Crippen LogP contribution in [0.4, 0.5) is 4.39 Å². The molecule has 6 heteroatoms. The van der Waals surface area contributed by atoms with Crippen molar-refractivity contribution in [3.8, 4) is 0 Å². The summed E-state index contributed by atoms with van der Waals surface area (Å²) >= 11 is 0. The third-order valence-corrected chi connectivity index (χ3v) is 2.29. The molecule has 0 aromatic carbocycles. The zero-order valence-corrected chi connectivity index (χ0v) is 9.55. The highest BCUT2D eigenvalue weighted by atomic mass is 19.1. The molecule has 1 N–H and O–H groups in total. The van der Waals surface area contributed by atoms with Crippen molar-refractivity contribution in [2.24, 2.45) is 5.92 Å². The molecule has 0 aliphatic heterocycles. The van der Waals surface area contributed by atoms with Crippen molar-refractivity contribution in [3.63, 3.8) is 0 Å². The van der Waals surface area contributed by atoms with Crippen LogP contribution in [0.1, 0.15) is 17.3 Å². The summed E-state index contributed by atoms with van der Waals surface area (Å²) in [6.07, 6.45) is 1.12. The van der Waals surface area contributed by atoms with Crippen molar-refractivity contribution in [3.05, 3.63) is 29.8 Å². The van der Waals surface area contributed by atoms with Gasteiger partial charge in [-0.1, -0.05) is 6.92 Å². The maximum absolute atomic E-state index is 12.6. The highest BCUT2D eigenvalue weighted by molar-refractivity contribution is 5.93. The SMILES string of the molecule is CC(CN(C)C(=O)c1ccc(F)nc1)C(=O)O. The van der Waals surface area contributed by atoms with Crippen LogP contribution < -0.4 is 0 Å². The maximum Gasteiger partial charge on any atom is 0.308 e. The normalized spacial score (nSPS) is 11.9. The van der Waals surface area contributed by atoms with Gasteiger partial charge >= 0.3 is 5.97 Å². The fourth-order valence-electron chi connectivity index (χ4n) is 1.29. The molecule has 0 fully saturated rings. The lowest BCUT2D eigenvalue weighted by molar-refractivity contribution is -0.141. The van der Waals surface area contributed by atoms with Gasteiger partial charge in [0.25, 0.3) is 5.91 Å². The fraction of sp³-hybridized carbons (Fsp3) is 0.364. The molecule has 0 aliphatic rings. The topological polar surface area (TPSA) is 70.5 Å². The first-order chi connectivity index (χ1) is 7.91. The van der Waals surface area contributed by atoms with Gasteiger partial charge in [0.15, 0.2) is 0 Å². The molecule has 1 aromatic heterocycles. The molecule has 5 nitrogen and oxygen atoms in total. The highest BCUT2D eigenvalue weighted by Gasteiger charge is 2.18. The van der Waals surface area contributed by atoms with Crippen LogP contribution in [0.3, 0.4) is 0 Å². The molecule has 0 spiro atoms. The zero-order valence-electron chi connectivity index (χ0n) is 9.55. The summed E-state index contributed by atoms with van der Waals surface area (Å²) in [7, 11) is 1.49. The number of aliphatic carboxylic acids is 1. The summed E-state index contributed by atoms with van der Waals surface area (Å²) in [6, 6.07) is 2.40. The van der Waals surface area contributed by atoms with Crippen LogP contribution in [-0.2, 0) is 4.79 Å². The maximum atomic E-state index is 12.6. The number of aromatic nitrogens is 1. The fourth-order valence-corrected chi connectivity index (χ4v) is 1.29. The van der Waals surface area contributed by atoms with Crippen LogP contribution in [-0.4, -0.2) is 40.5 Å². The monoisotopic (exact) mass is 240 g/mol. The number of halogens is 1. The van der Waals surface area contributed by atoms with E-state index in [0.717, 1.165) is 12.3 Å². The molecule has 1 amide bonds. The van der Waals surface area contributed by atoms with Crippen molar-refractivity contribution in [2.45, 2.75) is 6.92 Å². The van der Waals surface area contributed by atoms with Crippen molar-refractivity contribution in [1.29, 1.82) is 0 Å². The average molecular weight is 240 g/mol. The van der Waals surface area contributed by atoms with E-state index in [2.05, 4.69) is 4.98 Å². The minimum atomic E-state index is -0.970. The van der Waals surface area contributed by atoms with E-state index in [4.69, 9.17) is 5.11 Å². The number of carboxylic acid groups (broad SMARTS) is 1. The Labute approximate surface area is 97.9 Å². The van der Waals surface area contributed by atoms with Crippen LogP contribution in [0.2, 0.25) is 0 Å². The minimum absolute atomic E-state index is 0.0888. The molecule has 0 saturated heterocycles. The smallest absolute Gasteiger partial charge is 0.308 e.